The van der Waals surface area contributed by atoms with Crippen molar-refractivity contribution in [3.05, 3.63) is 94.3 Å². The largest absolute Gasteiger partial charge is 0.493 e. The quantitative estimate of drug-likeness (QED) is 0.297. The topological polar surface area (TPSA) is 89.0 Å². The number of hydrazone groups is 1. The van der Waals surface area contributed by atoms with Gasteiger partial charge in [-0.25, -0.2) is 9.82 Å². The second-order valence-corrected chi connectivity index (χ2v) is 8.70. The van der Waals surface area contributed by atoms with Gasteiger partial charge in [-0.3, -0.25) is 9.59 Å². The molecule has 2 N–H and O–H groups in total. The molecule has 0 saturated carbocycles. The number of amides is 2. The van der Waals surface area contributed by atoms with Gasteiger partial charge in [0, 0.05) is 10.6 Å². The van der Waals surface area contributed by atoms with E-state index in [1.807, 2.05) is 12.1 Å². The molecule has 0 aliphatic carbocycles. The number of ether oxygens (including phenoxy) is 2. The normalized spacial score (nSPS) is 11.8. The minimum absolute atomic E-state index is 0.207. The molecule has 188 valence electrons. The van der Waals surface area contributed by atoms with Crippen LogP contribution in [0.1, 0.15) is 35.3 Å². The van der Waals surface area contributed by atoms with Crippen LogP contribution in [0.2, 0.25) is 5.02 Å². The first-order chi connectivity index (χ1) is 17.3. The molecule has 9 heteroatoms. The van der Waals surface area contributed by atoms with E-state index < -0.39 is 23.7 Å². The predicted octanol–water partition coefficient (Wildman–Crippen LogP) is 4.97. The SMILES string of the molecule is COc1cc(/C=N/NC(=O)C(NC(=O)c2ccc(F)cc2)C(C)C)ccc1OCc1ccc(Cl)cc1. The number of hydrogen-bond acceptors (Lipinski definition) is 5. The zero-order chi connectivity index (χ0) is 26.1. The Hall–Kier alpha value is -3.91. The number of nitrogens with zero attached hydrogens (tertiary/aromatic N) is 1. The van der Waals surface area contributed by atoms with E-state index in [0.717, 1.165) is 5.56 Å². The maximum atomic E-state index is 13.1. The van der Waals surface area contributed by atoms with E-state index in [4.69, 9.17) is 21.1 Å². The summed E-state index contributed by atoms with van der Waals surface area (Å²) >= 11 is 5.91. The Labute approximate surface area is 214 Å². The number of methoxy groups -OCH3 is 1. The van der Waals surface area contributed by atoms with Crippen LogP contribution in [0.3, 0.4) is 0 Å². The van der Waals surface area contributed by atoms with Crippen molar-refractivity contribution in [2.75, 3.05) is 7.11 Å². The van der Waals surface area contributed by atoms with E-state index in [1.54, 1.807) is 44.2 Å². The smallest absolute Gasteiger partial charge is 0.262 e. The fourth-order valence-electron chi connectivity index (χ4n) is 3.23. The van der Waals surface area contributed by atoms with Crippen LogP contribution in [-0.4, -0.2) is 31.2 Å². The molecule has 0 aliphatic heterocycles. The van der Waals surface area contributed by atoms with Crippen LogP contribution >= 0.6 is 11.6 Å². The molecule has 3 aromatic carbocycles. The summed E-state index contributed by atoms with van der Waals surface area (Å²) in [6, 6.07) is 16.8. The molecule has 0 saturated heterocycles. The highest BCUT2D eigenvalue weighted by Crippen LogP contribution is 2.28. The van der Waals surface area contributed by atoms with E-state index >= 15 is 0 Å². The molecule has 1 atom stereocenters. The summed E-state index contributed by atoms with van der Waals surface area (Å²) in [6.07, 6.45) is 1.46. The minimum Gasteiger partial charge on any atom is -0.493 e. The lowest BCUT2D eigenvalue weighted by atomic mass is 10.0. The van der Waals surface area contributed by atoms with Gasteiger partial charge in [0.15, 0.2) is 11.5 Å². The van der Waals surface area contributed by atoms with Crippen molar-refractivity contribution in [2.45, 2.75) is 26.5 Å². The van der Waals surface area contributed by atoms with Gasteiger partial charge in [-0.1, -0.05) is 37.6 Å². The van der Waals surface area contributed by atoms with E-state index in [2.05, 4.69) is 15.8 Å². The summed E-state index contributed by atoms with van der Waals surface area (Å²) in [6.45, 7) is 3.94. The first-order valence-corrected chi connectivity index (χ1v) is 11.6. The van der Waals surface area contributed by atoms with Gasteiger partial charge in [0.2, 0.25) is 0 Å². The highest BCUT2D eigenvalue weighted by Gasteiger charge is 2.24. The van der Waals surface area contributed by atoms with E-state index in [1.165, 1.54) is 37.6 Å². The number of rotatable bonds is 10. The molecular formula is C27H27ClFN3O4. The number of halogens is 2. The Morgan fingerprint density at radius 3 is 2.36 bits per heavy atom. The second-order valence-electron chi connectivity index (χ2n) is 8.26. The van der Waals surface area contributed by atoms with Crippen LogP contribution in [0.25, 0.3) is 0 Å². The third-order valence-corrected chi connectivity index (χ3v) is 5.48. The number of nitrogens with one attached hydrogen (secondary N) is 2. The van der Waals surface area contributed by atoms with E-state index in [9.17, 15) is 14.0 Å². The number of hydrogen-bond donors (Lipinski definition) is 2. The van der Waals surface area contributed by atoms with Crippen LogP contribution in [0.5, 0.6) is 11.5 Å². The van der Waals surface area contributed by atoms with Crippen molar-refractivity contribution < 1.29 is 23.5 Å². The molecule has 36 heavy (non-hydrogen) atoms. The van der Waals surface area contributed by atoms with Crippen molar-refractivity contribution >= 4 is 29.6 Å². The fraction of sp³-hybridized carbons (Fsp3) is 0.222. The van der Waals surface area contributed by atoms with Crippen molar-refractivity contribution in [1.29, 1.82) is 0 Å². The van der Waals surface area contributed by atoms with Gasteiger partial charge in [0.05, 0.1) is 13.3 Å². The molecule has 7 nitrogen and oxygen atoms in total. The predicted molar refractivity (Wildman–Crippen MR) is 137 cm³/mol. The second kappa shape index (κ2) is 12.7. The average molecular weight is 512 g/mol. The first-order valence-electron chi connectivity index (χ1n) is 11.2. The summed E-state index contributed by atoms with van der Waals surface area (Å²) in [5, 5.41) is 7.33. The molecule has 0 spiro atoms. The average Bonchev–Trinajstić information content (AvgIpc) is 2.87. The van der Waals surface area contributed by atoms with Crippen molar-refractivity contribution in [3.63, 3.8) is 0 Å². The van der Waals surface area contributed by atoms with Crippen molar-refractivity contribution in [2.24, 2.45) is 11.0 Å². The van der Waals surface area contributed by atoms with Gasteiger partial charge in [-0.05, 0) is 71.6 Å². The molecule has 2 amide bonds. The number of carbonyl (C=O) groups is 2. The highest BCUT2D eigenvalue weighted by atomic mass is 35.5. The lowest BCUT2D eigenvalue weighted by molar-refractivity contribution is -0.123. The lowest BCUT2D eigenvalue weighted by Gasteiger charge is -2.20. The Kier molecular flexibility index (Phi) is 9.41. The first kappa shape index (κ1) is 26.7. The Bertz CT molecular complexity index is 1210. The van der Waals surface area contributed by atoms with Crippen LogP contribution in [-0.2, 0) is 11.4 Å². The Morgan fingerprint density at radius 1 is 1.03 bits per heavy atom. The molecule has 0 radical (unpaired) electrons. The molecule has 0 heterocycles. The van der Waals surface area contributed by atoms with Gasteiger partial charge in [-0.15, -0.1) is 0 Å². The lowest BCUT2D eigenvalue weighted by Crippen LogP contribution is -2.48. The highest BCUT2D eigenvalue weighted by molar-refractivity contribution is 6.30. The molecule has 3 rings (SSSR count). The molecule has 0 aromatic heterocycles. The summed E-state index contributed by atoms with van der Waals surface area (Å²) in [7, 11) is 1.53. The van der Waals surface area contributed by atoms with E-state index in [-0.39, 0.29) is 11.5 Å². The monoisotopic (exact) mass is 511 g/mol. The zero-order valence-electron chi connectivity index (χ0n) is 20.1. The molecule has 3 aromatic rings. The van der Waals surface area contributed by atoms with Crippen molar-refractivity contribution in [1.82, 2.24) is 10.7 Å². The fourth-order valence-corrected chi connectivity index (χ4v) is 3.35. The molecule has 0 fully saturated rings. The standard InChI is InChI=1S/C27H27ClFN3O4/c1-17(2)25(31-26(33)20-7-11-22(29)12-8-20)27(34)32-30-15-19-6-13-23(24(14-19)35-3)36-16-18-4-9-21(28)10-5-18/h4-15,17,25H,16H2,1-3H3,(H,31,33)(H,32,34)/b30-15+. The molecular weight excluding hydrogens is 485 g/mol. The maximum Gasteiger partial charge on any atom is 0.262 e. The van der Waals surface area contributed by atoms with Gasteiger partial charge >= 0.3 is 0 Å². The van der Waals surface area contributed by atoms with Gasteiger partial charge in [-0.2, -0.15) is 5.10 Å². The number of benzene rings is 3. The van der Waals surface area contributed by atoms with Crippen LogP contribution in [0, 0.1) is 11.7 Å². The van der Waals surface area contributed by atoms with Gasteiger partial charge in [0.25, 0.3) is 11.8 Å². The summed E-state index contributed by atoms with van der Waals surface area (Å²) in [5.41, 5.74) is 4.34. The van der Waals surface area contributed by atoms with Crippen LogP contribution in [0.4, 0.5) is 4.39 Å². The zero-order valence-corrected chi connectivity index (χ0v) is 20.9. The Balaban J connectivity index is 1.60. The molecule has 0 aliphatic rings. The Morgan fingerprint density at radius 2 is 1.72 bits per heavy atom. The maximum absolute atomic E-state index is 13.1. The van der Waals surface area contributed by atoms with Crippen LogP contribution in [0.15, 0.2) is 71.8 Å². The van der Waals surface area contributed by atoms with E-state index in [0.29, 0.717) is 28.7 Å². The molecule has 0 bridgehead atoms. The third-order valence-electron chi connectivity index (χ3n) is 5.23. The van der Waals surface area contributed by atoms with Gasteiger partial charge in [0.1, 0.15) is 18.5 Å². The molecule has 1 unspecified atom stereocenters. The van der Waals surface area contributed by atoms with Gasteiger partial charge < -0.3 is 14.8 Å². The van der Waals surface area contributed by atoms with Crippen molar-refractivity contribution in [3.8, 4) is 11.5 Å². The van der Waals surface area contributed by atoms with Crippen LogP contribution < -0.4 is 20.2 Å². The third kappa shape index (κ3) is 7.55. The summed E-state index contributed by atoms with van der Waals surface area (Å²) < 4.78 is 24.4. The summed E-state index contributed by atoms with van der Waals surface area (Å²) in [5.74, 6) is -0.556. The number of carbonyl (C=O) groups excluding carboxylic acids is 2. The summed E-state index contributed by atoms with van der Waals surface area (Å²) in [4.78, 5) is 25.1. The minimum atomic E-state index is -0.835.